The lowest BCUT2D eigenvalue weighted by molar-refractivity contribution is -0.385. The Bertz CT molecular complexity index is 1020. The fourth-order valence-corrected chi connectivity index (χ4v) is 2.37. The van der Waals surface area contributed by atoms with Gasteiger partial charge in [-0.2, -0.15) is 5.26 Å². The number of ether oxygens (including phenoxy) is 1. The van der Waals surface area contributed by atoms with Crippen LogP contribution < -0.4 is 4.74 Å². The quantitative estimate of drug-likeness (QED) is 0.272. The molecule has 0 aliphatic heterocycles. The van der Waals surface area contributed by atoms with E-state index in [1.54, 1.807) is 18.2 Å². The second kappa shape index (κ2) is 7.93. The van der Waals surface area contributed by atoms with Gasteiger partial charge in [0.2, 0.25) is 5.88 Å². The molecule has 6 nitrogen and oxygen atoms in total. The molecule has 0 amide bonds. The first-order valence-corrected chi connectivity index (χ1v) is 8.12. The minimum atomic E-state index is -0.515. The lowest BCUT2D eigenvalue weighted by Crippen LogP contribution is -1.91. The Hall–Kier alpha value is -3.98. The van der Waals surface area contributed by atoms with Gasteiger partial charge in [0.25, 0.3) is 5.69 Å². The molecule has 0 saturated carbocycles. The van der Waals surface area contributed by atoms with Gasteiger partial charge in [-0.15, -0.1) is 0 Å². The van der Waals surface area contributed by atoms with Crippen LogP contribution in [0.25, 0.3) is 11.6 Å². The predicted molar refractivity (Wildman–Crippen MR) is 102 cm³/mol. The molecular formula is C21H15N3O3. The normalized spacial score (nSPS) is 10.9. The monoisotopic (exact) mass is 357 g/mol. The third kappa shape index (κ3) is 4.55. The number of hydrogen-bond acceptors (Lipinski definition) is 5. The zero-order valence-electron chi connectivity index (χ0n) is 14.5. The SMILES string of the molecule is Cc1ccc(/C(C#N)=C\c2ccc(Oc3ccc([N+](=O)[O-])cn3)cc2)cc1. The Kier molecular flexibility index (Phi) is 5.24. The third-order valence-corrected chi connectivity index (χ3v) is 3.83. The van der Waals surface area contributed by atoms with Crippen molar-refractivity contribution < 1.29 is 9.66 Å². The molecule has 3 aromatic rings. The first kappa shape index (κ1) is 17.8. The van der Waals surface area contributed by atoms with Crippen molar-refractivity contribution in [2.75, 3.05) is 0 Å². The molecule has 3 rings (SSSR count). The summed E-state index contributed by atoms with van der Waals surface area (Å²) < 4.78 is 5.58. The molecule has 0 unspecified atom stereocenters. The molecule has 0 atom stereocenters. The lowest BCUT2D eigenvalue weighted by atomic mass is 10.0. The van der Waals surface area contributed by atoms with E-state index in [0.717, 1.165) is 22.9 Å². The standard InChI is InChI=1S/C21H15N3O3/c1-15-2-6-17(7-3-15)18(13-22)12-16-4-9-20(10-5-16)27-21-11-8-19(14-23-21)24(25)26/h2-12,14H,1H3/b18-12-. The number of rotatable bonds is 5. The number of hydrogen-bond donors (Lipinski definition) is 0. The average molecular weight is 357 g/mol. The largest absolute Gasteiger partial charge is 0.439 e. The molecule has 2 aromatic carbocycles. The van der Waals surface area contributed by atoms with Gasteiger partial charge in [0, 0.05) is 12.1 Å². The first-order valence-electron chi connectivity index (χ1n) is 8.12. The molecule has 0 aliphatic rings. The highest BCUT2D eigenvalue weighted by Crippen LogP contribution is 2.23. The maximum Gasteiger partial charge on any atom is 0.287 e. The van der Waals surface area contributed by atoms with Gasteiger partial charge in [0.05, 0.1) is 16.6 Å². The third-order valence-electron chi connectivity index (χ3n) is 3.83. The number of nitro groups is 1. The number of nitriles is 1. The van der Waals surface area contributed by atoms with E-state index in [1.807, 2.05) is 43.3 Å². The molecule has 132 valence electrons. The number of pyridine rings is 1. The zero-order valence-corrected chi connectivity index (χ0v) is 14.5. The minimum Gasteiger partial charge on any atom is -0.439 e. The first-order chi connectivity index (χ1) is 13.0. The van der Waals surface area contributed by atoms with Crippen molar-refractivity contribution in [3.05, 3.63) is 93.7 Å². The minimum absolute atomic E-state index is 0.0945. The highest BCUT2D eigenvalue weighted by Gasteiger charge is 2.07. The van der Waals surface area contributed by atoms with Crippen molar-refractivity contribution in [1.29, 1.82) is 5.26 Å². The summed E-state index contributed by atoms with van der Waals surface area (Å²) in [6.07, 6.45) is 2.95. The maximum absolute atomic E-state index is 10.6. The summed E-state index contributed by atoms with van der Waals surface area (Å²) in [6.45, 7) is 2.00. The van der Waals surface area contributed by atoms with Crippen LogP contribution in [0, 0.1) is 28.4 Å². The molecule has 0 N–H and O–H groups in total. The lowest BCUT2D eigenvalue weighted by Gasteiger charge is -2.05. The van der Waals surface area contributed by atoms with Gasteiger partial charge < -0.3 is 4.74 Å². The van der Waals surface area contributed by atoms with Crippen molar-refractivity contribution >= 4 is 17.3 Å². The van der Waals surface area contributed by atoms with Crippen LogP contribution in [0.4, 0.5) is 5.69 Å². The molecule has 0 saturated heterocycles. The molecule has 1 aromatic heterocycles. The summed E-state index contributed by atoms with van der Waals surface area (Å²) in [5, 5.41) is 20.1. The van der Waals surface area contributed by atoms with Crippen LogP contribution in [-0.2, 0) is 0 Å². The van der Waals surface area contributed by atoms with Crippen LogP contribution >= 0.6 is 0 Å². The van der Waals surface area contributed by atoms with E-state index in [4.69, 9.17) is 4.74 Å². The molecule has 0 radical (unpaired) electrons. The summed E-state index contributed by atoms with van der Waals surface area (Å²) in [5.41, 5.74) is 3.33. The van der Waals surface area contributed by atoms with E-state index in [1.165, 1.54) is 12.1 Å². The molecule has 0 fully saturated rings. The maximum atomic E-state index is 10.6. The van der Waals surface area contributed by atoms with Crippen LogP contribution in [-0.4, -0.2) is 9.91 Å². The van der Waals surface area contributed by atoms with Gasteiger partial charge in [-0.3, -0.25) is 10.1 Å². The van der Waals surface area contributed by atoms with Crippen molar-refractivity contribution in [3.63, 3.8) is 0 Å². The van der Waals surface area contributed by atoms with E-state index in [2.05, 4.69) is 11.1 Å². The number of allylic oxidation sites excluding steroid dienone is 1. The molecule has 6 heteroatoms. The Morgan fingerprint density at radius 3 is 2.37 bits per heavy atom. The van der Waals surface area contributed by atoms with E-state index >= 15 is 0 Å². The van der Waals surface area contributed by atoms with Crippen molar-refractivity contribution in [2.45, 2.75) is 6.92 Å². The van der Waals surface area contributed by atoms with Gasteiger partial charge in [0.15, 0.2) is 0 Å². The summed E-state index contributed by atoms with van der Waals surface area (Å²) in [5.74, 6) is 0.809. The molecule has 27 heavy (non-hydrogen) atoms. The summed E-state index contributed by atoms with van der Waals surface area (Å²) >= 11 is 0. The van der Waals surface area contributed by atoms with Gasteiger partial charge >= 0.3 is 0 Å². The van der Waals surface area contributed by atoms with E-state index < -0.39 is 4.92 Å². The second-order valence-corrected chi connectivity index (χ2v) is 5.82. The molecule has 0 spiro atoms. The Morgan fingerprint density at radius 2 is 1.81 bits per heavy atom. The fraction of sp³-hybridized carbons (Fsp3) is 0.0476. The van der Waals surface area contributed by atoms with Crippen LogP contribution in [0.5, 0.6) is 11.6 Å². The number of aromatic nitrogens is 1. The molecule has 0 aliphatic carbocycles. The molecule has 0 bridgehead atoms. The van der Waals surface area contributed by atoms with E-state index in [0.29, 0.717) is 11.3 Å². The number of aryl methyl sites for hydroxylation is 1. The zero-order chi connectivity index (χ0) is 19.2. The van der Waals surface area contributed by atoms with Crippen molar-refractivity contribution in [2.24, 2.45) is 0 Å². The fourth-order valence-electron chi connectivity index (χ4n) is 2.37. The van der Waals surface area contributed by atoms with E-state index in [9.17, 15) is 15.4 Å². The Morgan fingerprint density at radius 1 is 1.11 bits per heavy atom. The van der Waals surface area contributed by atoms with Crippen LogP contribution in [0.1, 0.15) is 16.7 Å². The summed E-state index contributed by atoms with van der Waals surface area (Å²) in [4.78, 5) is 14.0. The van der Waals surface area contributed by atoms with Gasteiger partial charge in [-0.25, -0.2) is 4.98 Å². The van der Waals surface area contributed by atoms with Gasteiger partial charge in [-0.1, -0.05) is 42.0 Å². The van der Waals surface area contributed by atoms with Gasteiger partial charge in [-0.05, 0) is 36.3 Å². The van der Waals surface area contributed by atoms with E-state index in [-0.39, 0.29) is 11.6 Å². The highest BCUT2D eigenvalue weighted by molar-refractivity contribution is 5.89. The summed E-state index contributed by atoms with van der Waals surface area (Å²) in [7, 11) is 0. The predicted octanol–water partition coefficient (Wildman–Crippen LogP) is 5.15. The smallest absolute Gasteiger partial charge is 0.287 e. The van der Waals surface area contributed by atoms with Crippen molar-refractivity contribution in [1.82, 2.24) is 4.98 Å². The second-order valence-electron chi connectivity index (χ2n) is 5.82. The van der Waals surface area contributed by atoms with Crippen molar-refractivity contribution in [3.8, 4) is 17.7 Å². The average Bonchev–Trinajstić information content (AvgIpc) is 2.68. The number of nitrogens with zero attached hydrogens (tertiary/aromatic N) is 3. The topological polar surface area (TPSA) is 89.0 Å². The van der Waals surface area contributed by atoms with Crippen LogP contribution in [0.15, 0.2) is 66.9 Å². The molecular weight excluding hydrogens is 342 g/mol. The Balaban J connectivity index is 1.75. The summed E-state index contributed by atoms with van der Waals surface area (Å²) in [6, 6.07) is 19.9. The highest BCUT2D eigenvalue weighted by atomic mass is 16.6. The van der Waals surface area contributed by atoms with Crippen LogP contribution in [0.2, 0.25) is 0 Å². The molecule has 1 heterocycles. The van der Waals surface area contributed by atoms with Crippen LogP contribution in [0.3, 0.4) is 0 Å². The van der Waals surface area contributed by atoms with Gasteiger partial charge in [0.1, 0.15) is 11.9 Å². The Labute approximate surface area is 156 Å². The number of benzene rings is 2.